The van der Waals surface area contributed by atoms with Crippen LogP contribution in [0.5, 0.6) is 0 Å². The van der Waals surface area contributed by atoms with Gasteiger partial charge >= 0.3 is 0 Å². The fraction of sp³-hybridized carbons (Fsp3) is 0.500. The maximum atomic E-state index is 5.77. The average Bonchev–Trinajstić information content (AvgIpc) is 2.77. The molecule has 1 aromatic heterocycles. The van der Waals surface area contributed by atoms with Gasteiger partial charge in [0.15, 0.2) is 0 Å². The summed E-state index contributed by atoms with van der Waals surface area (Å²) in [6, 6.07) is 0.265. The lowest BCUT2D eigenvalue weighted by Gasteiger charge is -2.09. The Bertz CT molecular complexity index is 294. The molecular weight excluding hydrogens is 194 g/mol. The van der Waals surface area contributed by atoms with Crippen molar-refractivity contribution in [3.05, 3.63) is 28.7 Å². The minimum absolute atomic E-state index is 0.265. The monoisotopic (exact) mass is 209 g/mol. The van der Waals surface area contributed by atoms with E-state index >= 15 is 0 Å². The molecule has 76 valence electrons. The minimum Gasteiger partial charge on any atom is -0.324 e. The molecule has 2 rings (SSSR count). The fourth-order valence-electron chi connectivity index (χ4n) is 1.67. The molecule has 0 amide bonds. The van der Waals surface area contributed by atoms with Crippen molar-refractivity contribution in [1.82, 2.24) is 10.3 Å². The zero-order valence-electron chi connectivity index (χ0n) is 8.02. The third-order valence-corrected chi connectivity index (χ3v) is 3.04. The third-order valence-electron chi connectivity index (χ3n) is 2.40. The summed E-state index contributed by atoms with van der Waals surface area (Å²) in [6.45, 7) is 1.87. The zero-order chi connectivity index (χ0) is 9.80. The van der Waals surface area contributed by atoms with Crippen LogP contribution < -0.4 is 11.1 Å². The van der Waals surface area contributed by atoms with Gasteiger partial charge in [-0.25, -0.2) is 4.98 Å². The number of nitrogens with two attached hydrogens (primary N) is 1. The highest BCUT2D eigenvalue weighted by Gasteiger charge is 2.14. The van der Waals surface area contributed by atoms with E-state index in [4.69, 9.17) is 5.73 Å². The van der Waals surface area contributed by atoms with Gasteiger partial charge in [-0.05, 0) is 12.3 Å². The van der Waals surface area contributed by atoms with Crippen molar-refractivity contribution in [2.45, 2.75) is 19.0 Å². The average molecular weight is 209 g/mol. The number of thiazole rings is 1. The number of nitrogens with one attached hydrogen (secondary N) is 1. The molecule has 0 aliphatic heterocycles. The van der Waals surface area contributed by atoms with E-state index in [1.807, 2.05) is 5.51 Å². The van der Waals surface area contributed by atoms with Crippen LogP contribution in [0.3, 0.4) is 0 Å². The molecule has 14 heavy (non-hydrogen) atoms. The molecule has 3 N–H and O–H groups in total. The van der Waals surface area contributed by atoms with Gasteiger partial charge < -0.3 is 11.1 Å². The van der Waals surface area contributed by atoms with E-state index in [0.29, 0.717) is 5.92 Å². The Hall–Kier alpha value is -0.710. The maximum Gasteiger partial charge on any atom is 0.0795 e. The summed E-state index contributed by atoms with van der Waals surface area (Å²) in [5.41, 5.74) is 8.76. The quantitative estimate of drug-likeness (QED) is 0.731. The van der Waals surface area contributed by atoms with E-state index in [2.05, 4.69) is 27.8 Å². The van der Waals surface area contributed by atoms with Crippen LogP contribution in [0.25, 0.3) is 0 Å². The highest BCUT2D eigenvalue weighted by atomic mass is 32.1. The first kappa shape index (κ1) is 9.83. The number of rotatable bonds is 4. The van der Waals surface area contributed by atoms with Crippen LogP contribution in [0.2, 0.25) is 0 Å². The summed E-state index contributed by atoms with van der Waals surface area (Å²) in [4.78, 5) is 4.21. The first-order valence-corrected chi connectivity index (χ1v) is 5.80. The molecule has 0 aromatic carbocycles. The van der Waals surface area contributed by atoms with Crippen LogP contribution in [-0.2, 0) is 6.54 Å². The van der Waals surface area contributed by atoms with E-state index < -0.39 is 0 Å². The van der Waals surface area contributed by atoms with Gasteiger partial charge in [0, 0.05) is 24.5 Å². The largest absolute Gasteiger partial charge is 0.324 e. The number of hydrogen-bond donors (Lipinski definition) is 2. The van der Waals surface area contributed by atoms with Crippen molar-refractivity contribution >= 4 is 11.3 Å². The SMILES string of the molecule is NC1C=CC(CNCc2cscn2)C1. The molecule has 0 radical (unpaired) electrons. The molecule has 4 heteroatoms. The predicted octanol–water partition coefficient (Wildman–Crippen LogP) is 1.14. The second kappa shape index (κ2) is 4.68. The lowest BCUT2D eigenvalue weighted by Crippen LogP contribution is -2.23. The van der Waals surface area contributed by atoms with Crippen molar-refractivity contribution in [1.29, 1.82) is 0 Å². The molecule has 1 heterocycles. The summed E-state index contributed by atoms with van der Waals surface area (Å²) < 4.78 is 0. The lowest BCUT2D eigenvalue weighted by molar-refractivity contribution is 0.525. The zero-order valence-corrected chi connectivity index (χ0v) is 8.83. The van der Waals surface area contributed by atoms with Gasteiger partial charge in [0.1, 0.15) is 0 Å². The second-order valence-electron chi connectivity index (χ2n) is 3.66. The molecule has 0 fully saturated rings. The first-order chi connectivity index (χ1) is 6.84. The molecule has 2 atom stereocenters. The van der Waals surface area contributed by atoms with Crippen molar-refractivity contribution < 1.29 is 0 Å². The molecular formula is C10H15N3S. The van der Waals surface area contributed by atoms with Crippen molar-refractivity contribution in [2.24, 2.45) is 11.7 Å². The second-order valence-corrected chi connectivity index (χ2v) is 4.37. The number of aromatic nitrogens is 1. The Labute approximate surface area is 88.0 Å². The Morgan fingerprint density at radius 1 is 1.57 bits per heavy atom. The molecule has 0 bridgehead atoms. The predicted molar refractivity (Wildman–Crippen MR) is 59.0 cm³/mol. The Morgan fingerprint density at radius 3 is 3.14 bits per heavy atom. The Balaban J connectivity index is 1.66. The van der Waals surface area contributed by atoms with Gasteiger partial charge in [-0.1, -0.05) is 12.2 Å². The fourth-order valence-corrected chi connectivity index (χ4v) is 2.23. The molecule has 0 saturated heterocycles. The minimum atomic E-state index is 0.265. The molecule has 1 aromatic rings. The molecule has 2 unspecified atom stereocenters. The Kier molecular flexibility index (Phi) is 3.29. The van der Waals surface area contributed by atoms with E-state index in [9.17, 15) is 0 Å². The lowest BCUT2D eigenvalue weighted by atomic mass is 10.1. The van der Waals surface area contributed by atoms with Crippen LogP contribution in [0.4, 0.5) is 0 Å². The highest BCUT2D eigenvalue weighted by Crippen LogP contribution is 2.15. The van der Waals surface area contributed by atoms with E-state index in [1.54, 1.807) is 11.3 Å². The summed E-state index contributed by atoms with van der Waals surface area (Å²) in [5, 5.41) is 5.46. The van der Waals surface area contributed by atoms with Crippen molar-refractivity contribution in [3.63, 3.8) is 0 Å². The van der Waals surface area contributed by atoms with Crippen molar-refractivity contribution in [2.75, 3.05) is 6.54 Å². The van der Waals surface area contributed by atoms with Gasteiger partial charge in [-0.15, -0.1) is 11.3 Å². The van der Waals surface area contributed by atoms with Gasteiger partial charge in [-0.2, -0.15) is 0 Å². The van der Waals surface area contributed by atoms with Crippen LogP contribution >= 0.6 is 11.3 Å². The smallest absolute Gasteiger partial charge is 0.0795 e. The standard InChI is InChI=1S/C10H15N3S/c11-9-2-1-8(3-9)4-12-5-10-6-14-7-13-10/h1-2,6-9,12H,3-5,11H2. The molecule has 0 saturated carbocycles. The molecule has 0 spiro atoms. The van der Waals surface area contributed by atoms with Crippen LogP contribution in [0.1, 0.15) is 12.1 Å². The van der Waals surface area contributed by atoms with Crippen molar-refractivity contribution in [3.8, 4) is 0 Å². The highest BCUT2D eigenvalue weighted by molar-refractivity contribution is 7.07. The Morgan fingerprint density at radius 2 is 2.50 bits per heavy atom. The number of hydrogen-bond acceptors (Lipinski definition) is 4. The summed E-state index contributed by atoms with van der Waals surface area (Å²) in [7, 11) is 0. The van der Waals surface area contributed by atoms with Gasteiger partial charge in [-0.3, -0.25) is 0 Å². The van der Waals surface area contributed by atoms with E-state index in [1.165, 1.54) is 0 Å². The van der Waals surface area contributed by atoms with E-state index in [0.717, 1.165) is 25.2 Å². The van der Waals surface area contributed by atoms with E-state index in [-0.39, 0.29) is 6.04 Å². The van der Waals surface area contributed by atoms with Gasteiger partial charge in [0.05, 0.1) is 11.2 Å². The normalized spacial score (nSPS) is 25.8. The van der Waals surface area contributed by atoms with Gasteiger partial charge in [0.2, 0.25) is 0 Å². The van der Waals surface area contributed by atoms with Crippen LogP contribution in [0, 0.1) is 5.92 Å². The third kappa shape index (κ3) is 2.64. The topological polar surface area (TPSA) is 50.9 Å². The van der Waals surface area contributed by atoms with Crippen LogP contribution in [0.15, 0.2) is 23.0 Å². The summed E-state index contributed by atoms with van der Waals surface area (Å²) in [6.07, 6.45) is 5.37. The summed E-state index contributed by atoms with van der Waals surface area (Å²) >= 11 is 1.64. The molecule has 1 aliphatic rings. The molecule has 1 aliphatic carbocycles. The van der Waals surface area contributed by atoms with Crippen LogP contribution in [-0.4, -0.2) is 17.6 Å². The van der Waals surface area contributed by atoms with Gasteiger partial charge in [0.25, 0.3) is 0 Å². The maximum absolute atomic E-state index is 5.77. The molecule has 3 nitrogen and oxygen atoms in total. The summed E-state index contributed by atoms with van der Waals surface area (Å²) in [5.74, 6) is 0.601. The first-order valence-electron chi connectivity index (χ1n) is 4.86. The number of nitrogens with zero attached hydrogens (tertiary/aromatic N) is 1.